The molecule has 3 rings (SSSR count). The summed E-state index contributed by atoms with van der Waals surface area (Å²) in [5.41, 5.74) is 1.59. The number of hydrogen-bond acceptors (Lipinski definition) is 5. The number of esters is 1. The van der Waals surface area contributed by atoms with Gasteiger partial charge in [-0.3, -0.25) is 14.4 Å². The number of nitrogens with zero attached hydrogens (tertiary/aromatic N) is 1. The van der Waals surface area contributed by atoms with E-state index in [1.54, 1.807) is 22.7 Å². The minimum absolute atomic E-state index is 0.137. The highest BCUT2D eigenvalue weighted by molar-refractivity contribution is 8.01. The van der Waals surface area contributed by atoms with Crippen molar-refractivity contribution >= 4 is 29.5 Å². The van der Waals surface area contributed by atoms with E-state index in [0.717, 1.165) is 5.56 Å². The molecule has 0 bridgehead atoms. The lowest BCUT2D eigenvalue weighted by Gasteiger charge is -2.29. The van der Waals surface area contributed by atoms with Crippen molar-refractivity contribution < 1.29 is 19.1 Å². The number of methoxy groups -OCH3 is 1. The highest BCUT2D eigenvalue weighted by Crippen LogP contribution is 2.56. The number of carbonyl (C=O) groups is 3. The van der Waals surface area contributed by atoms with Crippen LogP contribution in [0, 0.1) is 0 Å². The molecule has 7 heteroatoms. The molecule has 2 atom stereocenters. The fraction of sp³-hybridized carbons (Fsp3) is 0.438. The molecule has 0 radical (unpaired) electrons. The fourth-order valence-corrected chi connectivity index (χ4v) is 4.72. The van der Waals surface area contributed by atoms with Crippen LogP contribution in [0.2, 0.25) is 0 Å². The smallest absolute Gasteiger partial charge is 0.325 e. The van der Waals surface area contributed by atoms with E-state index in [1.165, 1.54) is 7.11 Å². The molecule has 1 fully saturated rings. The lowest BCUT2D eigenvalue weighted by molar-refractivity contribution is -0.141. The van der Waals surface area contributed by atoms with E-state index in [4.69, 9.17) is 0 Å². The predicted octanol–water partition coefficient (Wildman–Crippen LogP) is 1.32. The summed E-state index contributed by atoms with van der Waals surface area (Å²) in [6.45, 7) is 3.68. The van der Waals surface area contributed by atoms with Crippen LogP contribution in [0.3, 0.4) is 0 Å². The number of amides is 2. The highest BCUT2D eigenvalue weighted by Gasteiger charge is 2.57. The maximum Gasteiger partial charge on any atom is 0.325 e. The molecule has 0 aromatic heterocycles. The molecule has 23 heavy (non-hydrogen) atoms. The SMILES string of the molecule is COC(=O)CNC(=O)[C@@H]1N2C(=O)c3ccccc3[C@@H]2SC1(C)C. The van der Waals surface area contributed by atoms with Gasteiger partial charge in [-0.2, -0.15) is 0 Å². The minimum Gasteiger partial charge on any atom is -0.468 e. The van der Waals surface area contributed by atoms with Gasteiger partial charge >= 0.3 is 5.97 Å². The quantitative estimate of drug-likeness (QED) is 0.844. The Hall–Kier alpha value is -2.02. The lowest BCUT2D eigenvalue weighted by Crippen LogP contribution is -2.53. The first kappa shape index (κ1) is 15.9. The van der Waals surface area contributed by atoms with Crippen molar-refractivity contribution in [2.24, 2.45) is 0 Å². The van der Waals surface area contributed by atoms with Gasteiger partial charge in [0.15, 0.2) is 0 Å². The summed E-state index contributed by atoms with van der Waals surface area (Å²) < 4.78 is 4.08. The third kappa shape index (κ3) is 2.49. The molecule has 6 nitrogen and oxygen atoms in total. The summed E-state index contributed by atoms with van der Waals surface area (Å²) >= 11 is 1.59. The van der Waals surface area contributed by atoms with Gasteiger partial charge in [-0.05, 0) is 25.5 Å². The van der Waals surface area contributed by atoms with Crippen molar-refractivity contribution in [2.45, 2.75) is 30.0 Å². The van der Waals surface area contributed by atoms with Gasteiger partial charge in [0.05, 0.1) is 7.11 Å². The largest absolute Gasteiger partial charge is 0.468 e. The number of benzene rings is 1. The summed E-state index contributed by atoms with van der Waals surface area (Å²) in [6, 6.07) is 6.79. The number of thioether (sulfide) groups is 1. The highest BCUT2D eigenvalue weighted by atomic mass is 32.2. The Morgan fingerprint density at radius 2 is 2.04 bits per heavy atom. The van der Waals surface area contributed by atoms with Crippen LogP contribution in [-0.2, 0) is 14.3 Å². The van der Waals surface area contributed by atoms with Crippen LogP contribution in [-0.4, -0.2) is 47.1 Å². The van der Waals surface area contributed by atoms with E-state index < -0.39 is 16.8 Å². The summed E-state index contributed by atoms with van der Waals surface area (Å²) in [7, 11) is 1.26. The molecule has 0 aliphatic carbocycles. The Kier molecular flexibility index (Phi) is 3.83. The molecule has 2 heterocycles. The van der Waals surface area contributed by atoms with Crippen molar-refractivity contribution in [3.05, 3.63) is 35.4 Å². The molecule has 122 valence electrons. The van der Waals surface area contributed by atoms with E-state index in [0.29, 0.717) is 5.56 Å². The Morgan fingerprint density at radius 1 is 1.35 bits per heavy atom. The molecule has 1 N–H and O–H groups in total. The van der Waals surface area contributed by atoms with E-state index >= 15 is 0 Å². The molecule has 1 saturated heterocycles. The van der Waals surface area contributed by atoms with Crippen molar-refractivity contribution in [2.75, 3.05) is 13.7 Å². The van der Waals surface area contributed by atoms with Crippen molar-refractivity contribution in [1.29, 1.82) is 0 Å². The summed E-state index contributed by atoms with van der Waals surface area (Å²) in [4.78, 5) is 38.2. The second-order valence-electron chi connectivity index (χ2n) is 6.07. The number of carbonyl (C=O) groups excluding carboxylic acids is 3. The monoisotopic (exact) mass is 334 g/mol. The maximum atomic E-state index is 12.7. The Morgan fingerprint density at radius 3 is 2.74 bits per heavy atom. The second-order valence-corrected chi connectivity index (χ2v) is 7.80. The number of ether oxygens (including phenoxy) is 1. The van der Waals surface area contributed by atoms with Crippen LogP contribution in [0.1, 0.15) is 35.1 Å². The van der Waals surface area contributed by atoms with Crippen LogP contribution >= 0.6 is 11.8 Å². The van der Waals surface area contributed by atoms with Gasteiger partial charge in [-0.1, -0.05) is 18.2 Å². The van der Waals surface area contributed by atoms with Crippen molar-refractivity contribution in [3.63, 3.8) is 0 Å². The van der Waals surface area contributed by atoms with Gasteiger partial charge in [0.25, 0.3) is 5.91 Å². The van der Waals surface area contributed by atoms with Crippen LogP contribution < -0.4 is 5.32 Å². The number of rotatable bonds is 3. The second kappa shape index (κ2) is 5.56. The predicted molar refractivity (Wildman–Crippen MR) is 85.8 cm³/mol. The van der Waals surface area contributed by atoms with Gasteiger partial charge in [0.2, 0.25) is 5.91 Å². The van der Waals surface area contributed by atoms with E-state index in [9.17, 15) is 14.4 Å². The van der Waals surface area contributed by atoms with Gasteiger partial charge < -0.3 is 15.0 Å². The topological polar surface area (TPSA) is 75.7 Å². The number of fused-ring (bicyclic) bond motifs is 3. The summed E-state index contributed by atoms with van der Waals surface area (Å²) in [6.07, 6.45) is 0. The van der Waals surface area contributed by atoms with E-state index in [-0.39, 0.29) is 23.7 Å². The molecule has 0 spiro atoms. The Labute approximate surface area is 138 Å². The molecule has 2 amide bonds. The van der Waals surface area contributed by atoms with Gasteiger partial charge in [-0.15, -0.1) is 11.8 Å². The van der Waals surface area contributed by atoms with Crippen LogP contribution in [0.4, 0.5) is 0 Å². The summed E-state index contributed by atoms with van der Waals surface area (Å²) in [5, 5.41) is 2.41. The first-order chi connectivity index (χ1) is 10.9. The van der Waals surface area contributed by atoms with Gasteiger partial charge in [-0.25, -0.2) is 0 Å². The minimum atomic E-state index is -0.637. The van der Waals surface area contributed by atoms with E-state index in [2.05, 4.69) is 10.1 Å². The maximum absolute atomic E-state index is 12.7. The number of hydrogen-bond donors (Lipinski definition) is 1. The number of nitrogens with one attached hydrogen (secondary N) is 1. The van der Waals surface area contributed by atoms with Crippen molar-refractivity contribution in [3.8, 4) is 0 Å². The molecule has 0 unspecified atom stereocenters. The molecule has 2 aliphatic heterocycles. The Balaban J connectivity index is 1.88. The first-order valence-electron chi connectivity index (χ1n) is 7.31. The van der Waals surface area contributed by atoms with Crippen LogP contribution in [0.15, 0.2) is 24.3 Å². The molecule has 1 aromatic carbocycles. The van der Waals surface area contributed by atoms with Gasteiger partial charge in [0, 0.05) is 10.3 Å². The third-order valence-electron chi connectivity index (χ3n) is 4.18. The van der Waals surface area contributed by atoms with Gasteiger partial charge in [0.1, 0.15) is 18.0 Å². The van der Waals surface area contributed by atoms with Crippen molar-refractivity contribution in [1.82, 2.24) is 10.2 Å². The molecule has 1 aromatic rings. The first-order valence-corrected chi connectivity index (χ1v) is 8.18. The molecular weight excluding hydrogens is 316 g/mol. The fourth-order valence-electron chi connectivity index (χ4n) is 3.13. The average Bonchev–Trinajstić information content (AvgIpc) is 2.95. The third-order valence-corrected chi connectivity index (χ3v) is 5.71. The zero-order chi connectivity index (χ0) is 16.8. The summed E-state index contributed by atoms with van der Waals surface area (Å²) in [5.74, 6) is -0.993. The van der Waals surface area contributed by atoms with E-state index in [1.807, 2.05) is 32.0 Å². The molecule has 2 aliphatic rings. The Bertz CT molecular complexity index is 688. The zero-order valence-electron chi connectivity index (χ0n) is 13.2. The lowest BCUT2D eigenvalue weighted by atomic mass is 10.0. The average molecular weight is 334 g/mol. The molecule has 0 saturated carbocycles. The zero-order valence-corrected chi connectivity index (χ0v) is 14.0. The normalized spacial score (nSPS) is 24.1. The standard InChI is InChI=1S/C16H18N2O4S/c1-16(2)12(13(20)17-8-11(19)22-3)18-14(21)9-6-4-5-7-10(9)15(18)23-16/h4-7,12,15H,8H2,1-3H3,(H,17,20)/t12-,15-/m0/s1. The van der Waals surface area contributed by atoms with Crippen LogP contribution in [0.25, 0.3) is 0 Å². The molecular formula is C16H18N2O4S. The van der Waals surface area contributed by atoms with Crippen LogP contribution in [0.5, 0.6) is 0 Å².